The molecule has 0 radical (unpaired) electrons. The molecular formula is C34H45ClN4O5. The second-order valence-electron chi connectivity index (χ2n) is 13.5. The summed E-state index contributed by atoms with van der Waals surface area (Å²) in [6, 6.07) is 9.89. The molecule has 0 bridgehead atoms. The summed E-state index contributed by atoms with van der Waals surface area (Å²) in [7, 11) is 0. The molecule has 1 aromatic heterocycles. The highest BCUT2D eigenvalue weighted by Crippen LogP contribution is 2.42. The number of piperidine rings is 1. The summed E-state index contributed by atoms with van der Waals surface area (Å²) in [5.74, 6) is 0.204. The van der Waals surface area contributed by atoms with Gasteiger partial charge in [0.25, 0.3) is 5.91 Å². The van der Waals surface area contributed by atoms with Gasteiger partial charge in [0.1, 0.15) is 11.4 Å². The van der Waals surface area contributed by atoms with E-state index in [0.29, 0.717) is 58.2 Å². The van der Waals surface area contributed by atoms with E-state index in [1.54, 1.807) is 10.6 Å². The fraction of sp³-hybridized carbons (Fsp3) is 0.529. The Kier molecular flexibility index (Phi) is 9.61. The summed E-state index contributed by atoms with van der Waals surface area (Å²) < 4.78 is 13.6. The van der Waals surface area contributed by atoms with Crippen LogP contribution in [0.4, 0.5) is 4.79 Å². The van der Waals surface area contributed by atoms with E-state index in [-0.39, 0.29) is 24.6 Å². The molecule has 3 heterocycles. The standard InChI is InChI=1S/C34H45ClN4O5/c1-33(2,3)44-32(42)39-26-11-10-22(20-38-13-7-6-8-14-38)16-23(26)17-27(39)24-18-28(30(35)25-19-36-31(41)29(24)25)43-15-9-12-37-34(4,5)21-40/h10-11,16-18,37,40H,6-9,12-15,19-21H2,1-5H3,(H,36,41). The fourth-order valence-corrected chi connectivity index (χ4v) is 6.13. The summed E-state index contributed by atoms with van der Waals surface area (Å²) >= 11 is 6.80. The zero-order valence-electron chi connectivity index (χ0n) is 26.5. The minimum Gasteiger partial charge on any atom is -0.492 e. The summed E-state index contributed by atoms with van der Waals surface area (Å²) in [5.41, 5.74) is 2.98. The maximum absolute atomic E-state index is 13.8. The van der Waals surface area contributed by atoms with E-state index in [9.17, 15) is 14.7 Å². The second-order valence-corrected chi connectivity index (χ2v) is 13.9. The number of nitrogens with one attached hydrogen (secondary N) is 2. The van der Waals surface area contributed by atoms with Crippen molar-refractivity contribution in [1.82, 2.24) is 20.1 Å². The van der Waals surface area contributed by atoms with E-state index < -0.39 is 11.7 Å². The van der Waals surface area contributed by atoms with Crippen molar-refractivity contribution in [2.75, 3.05) is 32.8 Å². The van der Waals surface area contributed by atoms with Crippen molar-refractivity contribution >= 4 is 34.5 Å². The molecule has 0 atom stereocenters. The first-order valence-corrected chi connectivity index (χ1v) is 16.0. The SMILES string of the molecule is CC(C)(CO)NCCCOc1cc(-c2cc3cc(CN4CCCCC4)ccc3n2C(=O)OC(C)(C)C)c2c(c1Cl)CNC2=O. The van der Waals surface area contributed by atoms with Crippen LogP contribution in [0.25, 0.3) is 22.2 Å². The fourth-order valence-electron chi connectivity index (χ4n) is 5.86. The average Bonchev–Trinajstić information content (AvgIpc) is 3.54. The number of hydrogen-bond acceptors (Lipinski definition) is 7. The molecule has 0 spiro atoms. The van der Waals surface area contributed by atoms with E-state index in [4.69, 9.17) is 21.1 Å². The zero-order chi connectivity index (χ0) is 31.6. The van der Waals surface area contributed by atoms with Crippen LogP contribution in [0.1, 0.15) is 81.8 Å². The number of fused-ring (bicyclic) bond motifs is 2. The van der Waals surface area contributed by atoms with E-state index in [1.165, 1.54) is 24.8 Å². The van der Waals surface area contributed by atoms with Crippen molar-refractivity contribution in [3.05, 3.63) is 52.0 Å². The Bertz CT molecular complexity index is 1530. The number of rotatable bonds is 10. The number of amides is 1. The molecule has 0 unspecified atom stereocenters. The minimum absolute atomic E-state index is 0.0281. The highest BCUT2D eigenvalue weighted by atomic mass is 35.5. The largest absolute Gasteiger partial charge is 0.492 e. The lowest BCUT2D eigenvalue weighted by Crippen LogP contribution is -2.43. The molecule has 238 valence electrons. The summed E-state index contributed by atoms with van der Waals surface area (Å²) in [4.78, 5) is 29.4. The van der Waals surface area contributed by atoms with Gasteiger partial charge in [0.15, 0.2) is 0 Å². The first-order chi connectivity index (χ1) is 20.9. The van der Waals surface area contributed by atoms with Crippen molar-refractivity contribution in [2.45, 2.75) is 84.5 Å². The molecule has 5 rings (SSSR count). The van der Waals surface area contributed by atoms with Crippen LogP contribution in [0.3, 0.4) is 0 Å². The first-order valence-electron chi connectivity index (χ1n) is 15.6. The van der Waals surface area contributed by atoms with Crippen LogP contribution in [0.2, 0.25) is 5.02 Å². The Labute approximate surface area is 264 Å². The highest BCUT2D eigenvalue weighted by molar-refractivity contribution is 6.34. The molecule has 1 fully saturated rings. The van der Waals surface area contributed by atoms with Gasteiger partial charge in [0.05, 0.1) is 35.0 Å². The third kappa shape index (κ3) is 7.23. The molecule has 3 N–H and O–H groups in total. The Balaban J connectivity index is 1.54. The molecule has 0 saturated carbocycles. The molecule has 0 aliphatic carbocycles. The molecule has 3 aromatic rings. The Hall–Kier alpha value is -3.11. The van der Waals surface area contributed by atoms with Gasteiger partial charge in [-0.15, -0.1) is 0 Å². The number of benzene rings is 2. The molecule has 9 nitrogen and oxygen atoms in total. The second kappa shape index (κ2) is 13.1. The van der Waals surface area contributed by atoms with Crippen LogP contribution >= 0.6 is 11.6 Å². The Morgan fingerprint density at radius 1 is 1.09 bits per heavy atom. The number of ether oxygens (including phenoxy) is 2. The van der Waals surface area contributed by atoms with Gasteiger partial charge in [-0.2, -0.15) is 0 Å². The van der Waals surface area contributed by atoms with Crippen LogP contribution in [-0.2, 0) is 17.8 Å². The van der Waals surface area contributed by atoms with Gasteiger partial charge in [-0.1, -0.05) is 24.1 Å². The minimum atomic E-state index is -0.717. The van der Waals surface area contributed by atoms with Crippen molar-refractivity contribution in [1.29, 1.82) is 0 Å². The van der Waals surface area contributed by atoms with E-state index in [2.05, 4.69) is 27.7 Å². The van der Waals surface area contributed by atoms with Gasteiger partial charge in [0, 0.05) is 35.1 Å². The maximum atomic E-state index is 13.8. The zero-order valence-corrected chi connectivity index (χ0v) is 27.3. The average molecular weight is 625 g/mol. The number of likely N-dealkylation sites (tertiary alicyclic amines) is 1. The molecule has 10 heteroatoms. The van der Waals surface area contributed by atoms with Crippen LogP contribution < -0.4 is 15.4 Å². The van der Waals surface area contributed by atoms with Crippen molar-refractivity contribution < 1.29 is 24.2 Å². The smallest absolute Gasteiger partial charge is 0.419 e. The molecule has 2 aliphatic heterocycles. The lowest BCUT2D eigenvalue weighted by atomic mass is 9.99. The first kappa shape index (κ1) is 32.3. The lowest BCUT2D eigenvalue weighted by molar-refractivity contribution is 0.0546. The number of aliphatic hydroxyl groups excluding tert-OH is 1. The highest BCUT2D eigenvalue weighted by Gasteiger charge is 2.32. The third-order valence-electron chi connectivity index (χ3n) is 8.13. The summed E-state index contributed by atoms with van der Waals surface area (Å²) in [6.07, 6.45) is 3.87. The number of aromatic nitrogens is 1. The summed E-state index contributed by atoms with van der Waals surface area (Å²) in [5, 5.41) is 17.0. The van der Waals surface area contributed by atoms with Gasteiger partial charge in [-0.25, -0.2) is 9.36 Å². The quantitative estimate of drug-likeness (QED) is 0.234. The predicted molar refractivity (Wildman–Crippen MR) is 174 cm³/mol. The van der Waals surface area contributed by atoms with Gasteiger partial charge >= 0.3 is 6.09 Å². The maximum Gasteiger partial charge on any atom is 0.419 e. The summed E-state index contributed by atoms with van der Waals surface area (Å²) in [6.45, 7) is 13.7. The molecule has 1 saturated heterocycles. The van der Waals surface area contributed by atoms with E-state index in [0.717, 1.165) is 25.0 Å². The van der Waals surface area contributed by atoms with Gasteiger partial charge in [-0.05, 0) is 103 Å². The molecule has 1 amide bonds. The molecule has 2 aliphatic rings. The van der Waals surface area contributed by atoms with Crippen molar-refractivity contribution in [2.24, 2.45) is 0 Å². The number of carbonyl (C=O) groups is 2. The van der Waals surface area contributed by atoms with E-state index >= 15 is 0 Å². The number of aliphatic hydroxyl groups is 1. The lowest BCUT2D eigenvalue weighted by Gasteiger charge is -2.26. The van der Waals surface area contributed by atoms with Crippen LogP contribution in [-0.4, -0.2) is 70.6 Å². The van der Waals surface area contributed by atoms with Crippen molar-refractivity contribution in [3.63, 3.8) is 0 Å². The van der Waals surface area contributed by atoms with E-state index in [1.807, 2.05) is 46.8 Å². The Morgan fingerprint density at radius 3 is 2.55 bits per heavy atom. The van der Waals surface area contributed by atoms with Crippen LogP contribution in [0, 0.1) is 0 Å². The molecule has 44 heavy (non-hydrogen) atoms. The third-order valence-corrected chi connectivity index (χ3v) is 8.55. The Morgan fingerprint density at radius 2 is 1.84 bits per heavy atom. The molecular weight excluding hydrogens is 580 g/mol. The number of halogens is 1. The topological polar surface area (TPSA) is 105 Å². The van der Waals surface area contributed by atoms with Gasteiger partial charge in [0.2, 0.25) is 0 Å². The number of nitrogens with zero attached hydrogens (tertiary/aromatic N) is 2. The van der Waals surface area contributed by atoms with Gasteiger partial charge < -0.3 is 25.2 Å². The van der Waals surface area contributed by atoms with Gasteiger partial charge in [-0.3, -0.25) is 9.69 Å². The number of carbonyl (C=O) groups excluding carboxylic acids is 2. The number of hydrogen-bond donors (Lipinski definition) is 3. The molecule has 2 aromatic carbocycles. The predicted octanol–water partition coefficient (Wildman–Crippen LogP) is 6.10. The normalized spacial score (nSPS) is 15.8. The van der Waals surface area contributed by atoms with Crippen LogP contribution in [0.15, 0.2) is 30.3 Å². The van der Waals surface area contributed by atoms with Crippen molar-refractivity contribution in [3.8, 4) is 17.0 Å². The monoisotopic (exact) mass is 624 g/mol. The van der Waals surface area contributed by atoms with Crippen LogP contribution in [0.5, 0.6) is 5.75 Å².